The van der Waals surface area contributed by atoms with Crippen LogP contribution in [0.1, 0.15) is 43.7 Å². The molecule has 3 N–H and O–H groups in total. The van der Waals surface area contributed by atoms with Crippen molar-refractivity contribution >= 4 is 24.2 Å². The van der Waals surface area contributed by atoms with Crippen LogP contribution in [-0.4, -0.2) is 36.3 Å². The number of halogens is 1. The van der Waals surface area contributed by atoms with Crippen LogP contribution < -0.4 is 11.1 Å². The summed E-state index contributed by atoms with van der Waals surface area (Å²) in [6.45, 7) is 2.09. The van der Waals surface area contributed by atoms with Crippen LogP contribution in [0.3, 0.4) is 0 Å². The zero-order valence-electron chi connectivity index (χ0n) is 13.4. The lowest BCUT2D eigenvalue weighted by Gasteiger charge is -2.26. The third kappa shape index (κ3) is 6.59. The summed E-state index contributed by atoms with van der Waals surface area (Å²) in [6, 6.07) is 9.26. The van der Waals surface area contributed by atoms with Crippen LogP contribution in [0.5, 0.6) is 0 Å². The Morgan fingerprint density at radius 2 is 1.78 bits per heavy atom. The molecule has 1 atom stereocenters. The Hall–Kier alpha value is -1.59. The molecule has 1 aromatic carbocycles. The first-order chi connectivity index (χ1) is 10.7. The molecule has 0 radical (unpaired) electrons. The lowest BCUT2D eigenvalue weighted by atomic mass is 10.0. The number of likely N-dealkylation sites (tertiary alicyclic amines) is 1. The SMILES string of the molecule is Cl.NC(CC(=O)NCCC(=O)N1CCCCC1)c1ccccc1. The molecule has 2 rings (SSSR count). The van der Waals surface area contributed by atoms with Gasteiger partial charge in [0.1, 0.15) is 0 Å². The van der Waals surface area contributed by atoms with Gasteiger partial charge in [-0.15, -0.1) is 12.4 Å². The number of nitrogens with zero attached hydrogens (tertiary/aromatic N) is 1. The van der Waals surface area contributed by atoms with Crippen molar-refractivity contribution < 1.29 is 9.59 Å². The van der Waals surface area contributed by atoms with Crippen molar-refractivity contribution in [1.29, 1.82) is 0 Å². The number of nitrogens with one attached hydrogen (secondary N) is 1. The van der Waals surface area contributed by atoms with Crippen LogP contribution in [0.15, 0.2) is 30.3 Å². The second-order valence-electron chi connectivity index (χ2n) is 5.76. The predicted octanol–water partition coefficient (Wildman–Crippen LogP) is 2.02. The van der Waals surface area contributed by atoms with Gasteiger partial charge < -0.3 is 16.0 Å². The monoisotopic (exact) mass is 339 g/mol. The van der Waals surface area contributed by atoms with Crippen molar-refractivity contribution in [2.24, 2.45) is 5.73 Å². The summed E-state index contributed by atoms with van der Waals surface area (Å²) in [4.78, 5) is 25.7. The molecule has 2 amide bonds. The number of rotatable bonds is 6. The summed E-state index contributed by atoms with van der Waals surface area (Å²) < 4.78 is 0. The summed E-state index contributed by atoms with van der Waals surface area (Å²) in [5.41, 5.74) is 6.95. The van der Waals surface area contributed by atoms with Crippen molar-refractivity contribution in [2.45, 2.75) is 38.1 Å². The van der Waals surface area contributed by atoms with E-state index in [4.69, 9.17) is 5.73 Å². The van der Waals surface area contributed by atoms with E-state index < -0.39 is 0 Å². The van der Waals surface area contributed by atoms with Crippen LogP contribution in [0.4, 0.5) is 0 Å². The summed E-state index contributed by atoms with van der Waals surface area (Å²) in [7, 11) is 0. The Balaban J connectivity index is 0.00000264. The lowest BCUT2D eigenvalue weighted by Crippen LogP contribution is -2.38. The Labute approximate surface area is 144 Å². The molecule has 1 aliphatic heterocycles. The minimum atomic E-state index is -0.306. The molecule has 0 spiro atoms. The quantitative estimate of drug-likeness (QED) is 0.832. The molecule has 128 valence electrons. The van der Waals surface area contributed by atoms with E-state index in [1.54, 1.807) is 0 Å². The molecule has 0 saturated carbocycles. The minimum Gasteiger partial charge on any atom is -0.356 e. The zero-order valence-corrected chi connectivity index (χ0v) is 14.2. The molecule has 1 heterocycles. The van der Waals surface area contributed by atoms with E-state index in [9.17, 15) is 9.59 Å². The first-order valence-electron chi connectivity index (χ1n) is 8.02. The number of carbonyl (C=O) groups excluding carboxylic acids is 2. The van der Waals surface area contributed by atoms with Gasteiger partial charge in [0, 0.05) is 38.5 Å². The van der Waals surface area contributed by atoms with E-state index in [0.29, 0.717) is 13.0 Å². The number of amides is 2. The highest BCUT2D eigenvalue weighted by atomic mass is 35.5. The van der Waals surface area contributed by atoms with E-state index in [1.807, 2.05) is 35.2 Å². The van der Waals surface area contributed by atoms with E-state index in [2.05, 4.69) is 5.32 Å². The first kappa shape index (κ1) is 19.5. The van der Waals surface area contributed by atoms with E-state index in [0.717, 1.165) is 31.5 Å². The summed E-state index contributed by atoms with van der Waals surface area (Å²) >= 11 is 0. The molecule has 1 aromatic rings. The first-order valence-corrected chi connectivity index (χ1v) is 8.02. The Kier molecular flexibility index (Phi) is 8.66. The Bertz CT molecular complexity index is 490. The van der Waals surface area contributed by atoms with E-state index >= 15 is 0 Å². The highest BCUT2D eigenvalue weighted by Crippen LogP contribution is 2.13. The molecule has 0 aromatic heterocycles. The second-order valence-corrected chi connectivity index (χ2v) is 5.76. The zero-order chi connectivity index (χ0) is 15.8. The molecule has 23 heavy (non-hydrogen) atoms. The maximum atomic E-state index is 12.0. The van der Waals surface area contributed by atoms with Gasteiger partial charge in [0.05, 0.1) is 0 Å². The Morgan fingerprint density at radius 3 is 2.43 bits per heavy atom. The van der Waals surface area contributed by atoms with Gasteiger partial charge in [0.15, 0.2) is 0 Å². The van der Waals surface area contributed by atoms with Gasteiger partial charge in [-0.1, -0.05) is 30.3 Å². The van der Waals surface area contributed by atoms with Gasteiger partial charge in [-0.05, 0) is 24.8 Å². The van der Waals surface area contributed by atoms with Gasteiger partial charge in [-0.25, -0.2) is 0 Å². The van der Waals surface area contributed by atoms with E-state index in [-0.39, 0.29) is 36.7 Å². The maximum absolute atomic E-state index is 12.0. The molecule has 6 heteroatoms. The highest BCUT2D eigenvalue weighted by Gasteiger charge is 2.16. The van der Waals surface area contributed by atoms with Gasteiger partial charge in [-0.2, -0.15) is 0 Å². The lowest BCUT2D eigenvalue weighted by molar-refractivity contribution is -0.132. The van der Waals surface area contributed by atoms with Crippen LogP contribution in [0, 0.1) is 0 Å². The third-order valence-corrected chi connectivity index (χ3v) is 4.00. The van der Waals surface area contributed by atoms with Gasteiger partial charge in [-0.3, -0.25) is 9.59 Å². The average molecular weight is 340 g/mol. The predicted molar refractivity (Wildman–Crippen MR) is 93.3 cm³/mol. The van der Waals surface area contributed by atoms with Crippen LogP contribution in [0.2, 0.25) is 0 Å². The largest absolute Gasteiger partial charge is 0.356 e. The minimum absolute atomic E-state index is 0. The van der Waals surface area contributed by atoms with Crippen molar-refractivity contribution in [3.8, 4) is 0 Å². The van der Waals surface area contributed by atoms with Crippen molar-refractivity contribution in [2.75, 3.05) is 19.6 Å². The van der Waals surface area contributed by atoms with Crippen LogP contribution in [0.25, 0.3) is 0 Å². The number of carbonyl (C=O) groups is 2. The van der Waals surface area contributed by atoms with Crippen molar-refractivity contribution in [1.82, 2.24) is 10.2 Å². The van der Waals surface area contributed by atoms with Gasteiger partial charge >= 0.3 is 0 Å². The molecule has 1 unspecified atom stereocenters. The smallest absolute Gasteiger partial charge is 0.224 e. The molecule has 1 saturated heterocycles. The molecule has 5 nitrogen and oxygen atoms in total. The normalized spacial score (nSPS) is 15.4. The summed E-state index contributed by atoms with van der Waals surface area (Å²) in [5, 5.41) is 2.79. The van der Waals surface area contributed by atoms with E-state index in [1.165, 1.54) is 6.42 Å². The number of piperidine rings is 1. The standard InChI is InChI=1S/C17H25N3O2.ClH/c18-15(14-7-3-1-4-8-14)13-16(21)19-10-9-17(22)20-11-5-2-6-12-20;/h1,3-4,7-8,15H,2,5-6,9-13,18H2,(H,19,21);1H. The summed E-state index contributed by atoms with van der Waals surface area (Å²) in [5.74, 6) is 0.0233. The topological polar surface area (TPSA) is 75.4 Å². The molecule has 0 bridgehead atoms. The van der Waals surface area contributed by atoms with Crippen molar-refractivity contribution in [3.05, 3.63) is 35.9 Å². The Morgan fingerprint density at radius 1 is 1.13 bits per heavy atom. The molecular weight excluding hydrogens is 314 g/mol. The van der Waals surface area contributed by atoms with Crippen molar-refractivity contribution in [3.63, 3.8) is 0 Å². The fourth-order valence-electron chi connectivity index (χ4n) is 2.70. The molecular formula is C17H26ClN3O2. The van der Waals surface area contributed by atoms with Gasteiger partial charge in [0.25, 0.3) is 0 Å². The van der Waals surface area contributed by atoms with Gasteiger partial charge in [0.2, 0.25) is 11.8 Å². The van der Waals surface area contributed by atoms with Crippen LogP contribution >= 0.6 is 12.4 Å². The highest BCUT2D eigenvalue weighted by molar-refractivity contribution is 5.85. The average Bonchev–Trinajstić information content (AvgIpc) is 2.56. The number of nitrogens with two attached hydrogens (primary N) is 1. The number of hydrogen-bond acceptors (Lipinski definition) is 3. The van der Waals surface area contributed by atoms with Crippen LogP contribution in [-0.2, 0) is 9.59 Å². The number of hydrogen-bond donors (Lipinski definition) is 2. The third-order valence-electron chi connectivity index (χ3n) is 4.00. The molecule has 1 fully saturated rings. The number of benzene rings is 1. The molecule has 0 aliphatic carbocycles. The molecule has 1 aliphatic rings. The fourth-order valence-corrected chi connectivity index (χ4v) is 2.70. The summed E-state index contributed by atoms with van der Waals surface area (Å²) in [6.07, 6.45) is 3.99. The fraction of sp³-hybridized carbons (Fsp3) is 0.529. The second kappa shape index (κ2) is 10.2. The maximum Gasteiger partial charge on any atom is 0.224 e.